The zero-order valence-corrected chi connectivity index (χ0v) is 10.7. The van der Waals surface area contributed by atoms with Gasteiger partial charge < -0.3 is 15.3 Å². The van der Waals surface area contributed by atoms with E-state index < -0.39 is 5.97 Å². The van der Waals surface area contributed by atoms with Crippen LogP contribution in [0, 0.1) is 0 Å². The van der Waals surface area contributed by atoms with E-state index in [9.17, 15) is 4.79 Å². The van der Waals surface area contributed by atoms with E-state index in [2.05, 4.69) is 34.3 Å². The molecule has 0 amide bonds. The van der Waals surface area contributed by atoms with Crippen molar-refractivity contribution in [1.29, 1.82) is 0 Å². The molecule has 0 atom stereocenters. The average Bonchev–Trinajstić information content (AvgIpc) is 2.27. The molecular formula is C12H18N4O2. The number of hydrogen-bond acceptors (Lipinski definition) is 5. The Morgan fingerprint density at radius 1 is 1.44 bits per heavy atom. The quantitative estimate of drug-likeness (QED) is 0.814. The van der Waals surface area contributed by atoms with Gasteiger partial charge in [0.05, 0.1) is 0 Å². The molecule has 1 aliphatic rings. The molecule has 0 aromatic carbocycles. The maximum atomic E-state index is 11.0. The van der Waals surface area contributed by atoms with Crippen molar-refractivity contribution in [2.24, 2.45) is 0 Å². The van der Waals surface area contributed by atoms with E-state index in [1.165, 1.54) is 18.8 Å². The molecule has 1 aromatic rings. The van der Waals surface area contributed by atoms with Gasteiger partial charge in [-0.15, -0.1) is 0 Å². The lowest BCUT2D eigenvalue weighted by molar-refractivity contribution is 0.0686. The number of carboxylic acid groups (broad SMARTS) is 1. The lowest BCUT2D eigenvalue weighted by Crippen LogP contribution is -2.54. The second-order valence-electron chi connectivity index (χ2n) is 4.88. The summed E-state index contributed by atoms with van der Waals surface area (Å²) >= 11 is 0. The topological polar surface area (TPSA) is 78.3 Å². The molecule has 6 nitrogen and oxygen atoms in total. The van der Waals surface area contributed by atoms with Crippen molar-refractivity contribution in [2.45, 2.75) is 24.8 Å². The Bertz CT molecular complexity index is 443. The van der Waals surface area contributed by atoms with Crippen molar-refractivity contribution >= 4 is 11.8 Å². The van der Waals surface area contributed by atoms with Crippen LogP contribution in [0.3, 0.4) is 0 Å². The van der Waals surface area contributed by atoms with Crippen molar-refractivity contribution in [1.82, 2.24) is 14.9 Å². The Labute approximate surface area is 106 Å². The zero-order valence-electron chi connectivity index (χ0n) is 10.7. The van der Waals surface area contributed by atoms with Crippen LogP contribution < -0.4 is 5.32 Å². The molecule has 2 rings (SSSR count). The fourth-order valence-electron chi connectivity index (χ4n) is 2.24. The number of aromatic nitrogens is 2. The third-order valence-corrected chi connectivity index (χ3v) is 3.72. The molecule has 98 valence electrons. The van der Waals surface area contributed by atoms with E-state index in [4.69, 9.17) is 5.11 Å². The molecular weight excluding hydrogens is 232 g/mol. The minimum Gasteiger partial charge on any atom is -0.476 e. The highest BCUT2D eigenvalue weighted by Crippen LogP contribution is 2.36. The number of anilines is 1. The number of rotatable bonds is 5. The number of nitrogens with zero attached hydrogens (tertiary/aromatic N) is 3. The Kier molecular flexibility index (Phi) is 3.47. The van der Waals surface area contributed by atoms with Gasteiger partial charge in [0.15, 0.2) is 11.5 Å². The lowest BCUT2D eigenvalue weighted by Gasteiger charge is -2.47. The minimum absolute atomic E-state index is 0.0225. The number of aromatic carboxylic acids is 1. The molecule has 0 radical (unpaired) electrons. The fourth-order valence-corrected chi connectivity index (χ4v) is 2.24. The van der Waals surface area contributed by atoms with Crippen molar-refractivity contribution in [3.63, 3.8) is 0 Å². The van der Waals surface area contributed by atoms with E-state index in [1.807, 2.05) is 0 Å². The van der Waals surface area contributed by atoms with Crippen molar-refractivity contribution in [3.05, 3.63) is 18.1 Å². The predicted molar refractivity (Wildman–Crippen MR) is 67.8 cm³/mol. The number of nitrogens with one attached hydrogen (secondary N) is 1. The molecule has 0 bridgehead atoms. The average molecular weight is 250 g/mol. The van der Waals surface area contributed by atoms with E-state index in [1.54, 1.807) is 0 Å². The van der Waals surface area contributed by atoms with E-state index in [-0.39, 0.29) is 11.2 Å². The fraction of sp³-hybridized carbons (Fsp3) is 0.583. The first kappa shape index (κ1) is 12.8. The normalized spacial score (nSPS) is 17.3. The summed E-state index contributed by atoms with van der Waals surface area (Å²) in [4.78, 5) is 21.1. The standard InChI is InChI=1S/C12H18N4O2/c1-16(2)12(4-3-5-12)8-15-10-9(11(17)18)13-6-7-14-10/h6-7H,3-5,8H2,1-2H3,(H,14,15)(H,17,18). The number of hydrogen-bond donors (Lipinski definition) is 2. The SMILES string of the molecule is CN(C)C1(CNc2nccnc2C(=O)O)CCC1. The monoisotopic (exact) mass is 250 g/mol. The van der Waals surface area contributed by atoms with Crippen LogP contribution in [0.4, 0.5) is 5.82 Å². The number of carboxylic acids is 1. The van der Waals surface area contributed by atoms with Crippen LogP contribution in [0.1, 0.15) is 29.8 Å². The second-order valence-corrected chi connectivity index (χ2v) is 4.88. The summed E-state index contributed by atoms with van der Waals surface area (Å²) in [6.45, 7) is 0.693. The first-order valence-corrected chi connectivity index (χ1v) is 6.01. The first-order chi connectivity index (χ1) is 8.55. The van der Waals surface area contributed by atoms with Gasteiger partial charge in [-0.3, -0.25) is 0 Å². The van der Waals surface area contributed by atoms with E-state index in [0.717, 1.165) is 12.8 Å². The largest absolute Gasteiger partial charge is 0.476 e. The van der Waals surface area contributed by atoms with Gasteiger partial charge >= 0.3 is 5.97 Å². The number of carbonyl (C=O) groups is 1. The van der Waals surface area contributed by atoms with Crippen LogP contribution in [0.5, 0.6) is 0 Å². The minimum atomic E-state index is -1.06. The third-order valence-electron chi connectivity index (χ3n) is 3.72. The Balaban J connectivity index is 2.08. The summed E-state index contributed by atoms with van der Waals surface area (Å²) in [5.41, 5.74) is 0.0959. The maximum Gasteiger partial charge on any atom is 0.358 e. The molecule has 0 saturated heterocycles. The predicted octanol–water partition coefficient (Wildman–Crippen LogP) is 1.07. The van der Waals surface area contributed by atoms with Crippen LogP contribution in [-0.4, -0.2) is 52.1 Å². The number of likely N-dealkylation sites (N-methyl/N-ethyl adjacent to an activating group) is 1. The molecule has 1 aliphatic carbocycles. The summed E-state index contributed by atoms with van der Waals surface area (Å²) in [6, 6.07) is 0. The summed E-state index contributed by atoms with van der Waals surface area (Å²) < 4.78 is 0. The van der Waals surface area contributed by atoms with Crippen LogP contribution in [0.2, 0.25) is 0 Å². The molecule has 6 heteroatoms. The Morgan fingerprint density at radius 2 is 2.11 bits per heavy atom. The van der Waals surface area contributed by atoms with Gasteiger partial charge in [-0.05, 0) is 33.4 Å². The van der Waals surface area contributed by atoms with Crippen molar-refractivity contribution < 1.29 is 9.90 Å². The highest BCUT2D eigenvalue weighted by molar-refractivity contribution is 5.90. The molecule has 0 spiro atoms. The molecule has 1 fully saturated rings. The van der Waals surface area contributed by atoms with Gasteiger partial charge in [0.25, 0.3) is 0 Å². The Hall–Kier alpha value is -1.69. The van der Waals surface area contributed by atoms with Crippen molar-refractivity contribution in [3.8, 4) is 0 Å². The molecule has 0 aliphatic heterocycles. The molecule has 1 saturated carbocycles. The van der Waals surface area contributed by atoms with Crippen LogP contribution in [0.15, 0.2) is 12.4 Å². The molecule has 1 heterocycles. The van der Waals surface area contributed by atoms with Gasteiger partial charge in [-0.25, -0.2) is 14.8 Å². The maximum absolute atomic E-state index is 11.0. The molecule has 0 unspecified atom stereocenters. The summed E-state index contributed by atoms with van der Waals surface area (Å²) in [6.07, 6.45) is 6.34. The highest BCUT2D eigenvalue weighted by atomic mass is 16.4. The molecule has 18 heavy (non-hydrogen) atoms. The third kappa shape index (κ3) is 2.28. The van der Waals surface area contributed by atoms with Gasteiger partial charge in [-0.1, -0.05) is 0 Å². The smallest absolute Gasteiger partial charge is 0.358 e. The van der Waals surface area contributed by atoms with Gasteiger partial charge in [0.2, 0.25) is 0 Å². The molecule has 1 aromatic heterocycles. The summed E-state index contributed by atoms with van der Waals surface area (Å²) in [7, 11) is 4.10. The zero-order chi connectivity index (χ0) is 13.2. The van der Waals surface area contributed by atoms with Crippen LogP contribution in [-0.2, 0) is 0 Å². The lowest BCUT2D eigenvalue weighted by atomic mass is 9.75. The van der Waals surface area contributed by atoms with Gasteiger partial charge in [0, 0.05) is 24.5 Å². The molecule has 2 N–H and O–H groups in total. The van der Waals surface area contributed by atoms with Crippen molar-refractivity contribution in [2.75, 3.05) is 26.0 Å². The first-order valence-electron chi connectivity index (χ1n) is 6.01. The van der Waals surface area contributed by atoms with Crippen LogP contribution in [0.25, 0.3) is 0 Å². The van der Waals surface area contributed by atoms with Crippen LogP contribution >= 0.6 is 0 Å². The second kappa shape index (κ2) is 4.89. The van der Waals surface area contributed by atoms with Gasteiger partial charge in [0.1, 0.15) is 0 Å². The Morgan fingerprint density at radius 3 is 2.61 bits per heavy atom. The van der Waals surface area contributed by atoms with E-state index >= 15 is 0 Å². The highest BCUT2D eigenvalue weighted by Gasteiger charge is 2.39. The van der Waals surface area contributed by atoms with Gasteiger partial charge in [-0.2, -0.15) is 0 Å². The summed E-state index contributed by atoms with van der Waals surface area (Å²) in [5, 5.41) is 12.1. The van der Waals surface area contributed by atoms with E-state index in [0.29, 0.717) is 12.4 Å². The summed E-state index contributed by atoms with van der Waals surface area (Å²) in [5.74, 6) is -0.712.